The molecule has 6 aromatic rings. The number of halogens is 10. The van der Waals surface area contributed by atoms with Gasteiger partial charge in [0.1, 0.15) is 30.9 Å². The number of ether oxygens (including phenoxy) is 3. The molecule has 100 heavy (non-hydrogen) atoms. The van der Waals surface area contributed by atoms with Crippen molar-refractivity contribution in [3.8, 4) is 11.1 Å². The summed E-state index contributed by atoms with van der Waals surface area (Å²) >= 11 is 1.45. The lowest BCUT2D eigenvalue weighted by molar-refractivity contribution is -0.143. The lowest BCUT2D eigenvalue weighted by atomic mass is 9.72. The summed E-state index contributed by atoms with van der Waals surface area (Å²) in [7, 11) is 5.33. The third-order valence-corrected chi connectivity index (χ3v) is 20.5. The molecule has 1 aromatic heterocycles. The fraction of sp³-hybridized carbons (Fsp3) is 0.466. The van der Waals surface area contributed by atoms with Gasteiger partial charge in [0, 0.05) is 101 Å². The number of amides is 5. The van der Waals surface area contributed by atoms with Gasteiger partial charge in [-0.25, -0.2) is 9.18 Å². The average molecular weight is 1480 g/mol. The van der Waals surface area contributed by atoms with Crippen LogP contribution in [0.4, 0.5) is 41.2 Å². The highest BCUT2D eigenvalue weighted by molar-refractivity contribution is 7.14. The standard InChI is InChI=1S/C73H85F7N8O8S.3ClH/c1-83(34-14-35-85(3)68(92)63-27-26-59(97-63)47-81-33-13-5-8-21-65(89)84(2)41-42-86-36-28-58(29-37-86)96-69(93)82-62-20-12-10-18-60(62)51-15-6-4-7-16-51)66(90)48-94-64-45-52-17-9-11-19-61(52)70(64)30-38-87(39-31-70)40-32-71(54-22-24-57(74)25-23-54)49-88(50-95-71)67(91)53-43-55(72(75,76)77)46-56(44-53)73(78,79)80;;;/h4,6-7,9-12,15-20,22-27,43-44,46,58,64,81H,5,8,13-14,21,28-42,45,47-50H2,1-3H3,(H,82,93);3*1H/t64-,71-;;;/m0.../s1. The minimum Gasteiger partial charge on any atom is -0.446 e. The zero-order chi connectivity index (χ0) is 68.9. The highest BCUT2D eigenvalue weighted by Crippen LogP contribution is 2.49. The number of rotatable bonds is 27. The Kier molecular flexibility index (Phi) is 29.2. The number of carbonyl (C=O) groups excluding carboxylic acids is 5. The summed E-state index contributed by atoms with van der Waals surface area (Å²) in [5.74, 6) is -1.76. The van der Waals surface area contributed by atoms with Gasteiger partial charge >= 0.3 is 18.4 Å². The number of benzene rings is 5. The van der Waals surface area contributed by atoms with E-state index in [2.05, 4.69) is 32.6 Å². The molecule has 0 saturated carbocycles. The van der Waals surface area contributed by atoms with E-state index in [1.165, 1.54) is 41.2 Å². The Labute approximate surface area is 602 Å². The summed E-state index contributed by atoms with van der Waals surface area (Å²) in [5.41, 5.74) is -0.222. The van der Waals surface area contributed by atoms with E-state index in [0.717, 1.165) is 84.8 Å². The van der Waals surface area contributed by atoms with Gasteiger partial charge in [-0.3, -0.25) is 24.5 Å². The largest absolute Gasteiger partial charge is 0.446 e. The van der Waals surface area contributed by atoms with Crippen LogP contribution in [0.25, 0.3) is 11.1 Å². The second kappa shape index (κ2) is 36.3. The van der Waals surface area contributed by atoms with Crippen LogP contribution in [0.5, 0.6) is 0 Å². The minimum absolute atomic E-state index is 0. The Morgan fingerprint density at radius 1 is 0.680 bits per heavy atom. The molecule has 27 heteroatoms. The zero-order valence-electron chi connectivity index (χ0n) is 56.3. The quantitative estimate of drug-likeness (QED) is 0.0374. The number of carbonyl (C=O) groups is 5. The minimum atomic E-state index is -5.15. The summed E-state index contributed by atoms with van der Waals surface area (Å²) in [6.07, 6.45) is -3.88. The molecule has 5 amide bonds. The summed E-state index contributed by atoms with van der Waals surface area (Å²) in [5, 5.41) is 6.40. The Hall–Kier alpha value is -6.87. The smallest absolute Gasteiger partial charge is 0.416 e. The molecule has 3 fully saturated rings. The van der Waals surface area contributed by atoms with Crippen LogP contribution in [0.15, 0.2) is 133 Å². The van der Waals surface area contributed by atoms with Crippen LogP contribution in [-0.2, 0) is 60.1 Å². The molecule has 0 unspecified atom stereocenters. The number of piperidine rings is 2. The molecular formula is C73H88Cl3F7N8O8S. The Balaban J connectivity index is 0.00000468. The number of anilines is 1. The first kappa shape index (κ1) is 80.4. The van der Waals surface area contributed by atoms with Gasteiger partial charge in [-0.15, -0.1) is 48.6 Å². The third kappa shape index (κ3) is 20.7. The van der Waals surface area contributed by atoms with Crippen molar-refractivity contribution in [2.45, 2.75) is 113 Å². The number of fused-ring (bicyclic) bond motifs is 2. The number of hydrogen-bond acceptors (Lipinski definition) is 12. The number of alkyl halides is 6. The first-order valence-corrected chi connectivity index (χ1v) is 34.1. The van der Waals surface area contributed by atoms with Crippen LogP contribution < -0.4 is 10.6 Å². The van der Waals surface area contributed by atoms with Crippen molar-refractivity contribution in [1.29, 1.82) is 0 Å². The van der Waals surface area contributed by atoms with Crippen molar-refractivity contribution in [2.75, 3.05) is 112 Å². The van der Waals surface area contributed by atoms with E-state index >= 15 is 0 Å². The van der Waals surface area contributed by atoms with Crippen molar-refractivity contribution in [2.24, 2.45) is 0 Å². The number of nitrogens with one attached hydrogen (secondary N) is 2. The first-order valence-electron chi connectivity index (χ1n) is 33.3. The number of likely N-dealkylation sites (N-methyl/N-ethyl adjacent to an activating group) is 2. The topological polar surface area (TPSA) is 157 Å². The van der Waals surface area contributed by atoms with Crippen LogP contribution in [0.3, 0.4) is 0 Å². The number of likely N-dealkylation sites (tertiary alicyclic amines) is 2. The van der Waals surface area contributed by atoms with Gasteiger partial charge in [0.2, 0.25) is 11.8 Å². The van der Waals surface area contributed by atoms with Crippen molar-refractivity contribution in [3.05, 3.63) is 182 Å². The summed E-state index contributed by atoms with van der Waals surface area (Å²) < 4.78 is 116. The van der Waals surface area contributed by atoms with Crippen LogP contribution in [0.2, 0.25) is 0 Å². The molecular weight excluding hydrogens is 1390 g/mol. The number of nitrogens with zero attached hydrogens (tertiary/aromatic N) is 6. The zero-order valence-corrected chi connectivity index (χ0v) is 59.5. The normalized spacial score (nSPS) is 17.7. The molecule has 2 N–H and O–H groups in total. The lowest BCUT2D eigenvalue weighted by Gasteiger charge is -2.44. The highest BCUT2D eigenvalue weighted by atomic mass is 35.5. The third-order valence-electron chi connectivity index (χ3n) is 19.4. The van der Waals surface area contributed by atoms with E-state index < -0.39 is 64.6 Å². The molecule has 3 saturated heterocycles. The van der Waals surface area contributed by atoms with E-state index in [1.54, 1.807) is 28.8 Å². The molecule has 0 radical (unpaired) electrons. The van der Waals surface area contributed by atoms with Gasteiger partial charge in [-0.05, 0) is 148 Å². The van der Waals surface area contributed by atoms with Crippen LogP contribution in [-0.4, -0.2) is 178 Å². The van der Waals surface area contributed by atoms with Crippen LogP contribution >= 0.6 is 48.6 Å². The number of hydrogen-bond donors (Lipinski definition) is 2. The maximum absolute atomic E-state index is 14.2. The molecule has 1 spiro atoms. The van der Waals surface area contributed by atoms with Gasteiger partial charge in [0.15, 0.2) is 0 Å². The van der Waals surface area contributed by atoms with Crippen molar-refractivity contribution in [3.63, 3.8) is 0 Å². The average Bonchev–Trinajstić information content (AvgIpc) is 1.58. The van der Waals surface area contributed by atoms with Crippen LogP contribution in [0, 0.1) is 5.82 Å². The van der Waals surface area contributed by atoms with E-state index in [9.17, 15) is 54.7 Å². The Morgan fingerprint density at radius 3 is 2.02 bits per heavy atom. The number of thiophene rings is 1. The molecule has 10 rings (SSSR count). The maximum atomic E-state index is 14.2. The second-order valence-corrected chi connectivity index (χ2v) is 27.1. The van der Waals surface area contributed by atoms with Gasteiger partial charge < -0.3 is 48.9 Å². The predicted octanol–water partition coefficient (Wildman–Crippen LogP) is 14.0. The molecule has 4 aliphatic rings. The number of para-hydroxylation sites is 1. The van der Waals surface area contributed by atoms with Gasteiger partial charge in [-0.1, -0.05) is 91.3 Å². The predicted molar refractivity (Wildman–Crippen MR) is 378 cm³/mol. The summed E-state index contributed by atoms with van der Waals surface area (Å²) in [4.78, 5) is 79.1. The monoisotopic (exact) mass is 1470 g/mol. The molecule has 2 atom stereocenters. The van der Waals surface area contributed by atoms with Gasteiger partial charge in [-0.2, -0.15) is 26.3 Å². The van der Waals surface area contributed by atoms with E-state index in [-0.39, 0.29) is 92.8 Å². The summed E-state index contributed by atoms with van der Waals surface area (Å²) in [6.45, 7) is 6.07. The summed E-state index contributed by atoms with van der Waals surface area (Å²) in [6, 6.07) is 35.8. The van der Waals surface area contributed by atoms with E-state index in [4.69, 9.17) is 14.2 Å². The fourth-order valence-electron chi connectivity index (χ4n) is 13.6. The lowest BCUT2D eigenvalue weighted by Crippen LogP contribution is -2.50. The first-order chi connectivity index (χ1) is 46.5. The molecule has 5 aromatic carbocycles. The van der Waals surface area contributed by atoms with E-state index in [0.29, 0.717) is 106 Å². The molecule has 0 bridgehead atoms. The van der Waals surface area contributed by atoms with Gasteiger partial charge in [0.25, 0.3) is 11.8 Å². The number of unbranched alkanes of at least 4 members (excludes halogenated alkanes) is 2. The molecule has 544 valence electrons. The SMILES string of the molecule is CN(CCN1CCC(OC(=O)Nc2ccccc2-c2ccccc2)CC1)C(=O)CCCCCNCc1ccc(C(=O)N(C)CCCN(C)C(=O)CO[C@H]2Cc3ccccc3C23CCN(CC[C@@]2(c4ccc(F)cc4)CN(C(=O)c4cc(C(F)(F)F)cc(C(F)(F)F)c4)CO2)CC3)s1.Cl.Cl.Cl. The van der Waals surface area contributed by atoms with Crippen molar-refractivity contribution < 1.29 is 68.9 Å². The molecule has 4 heterocycles. The Morgan fingerprint density at radius 2 is 1.32 bits per heavy atom. The highest BCUT2D eigenvalue weighted by Gasteiger charge is 2.50. The van der Waals surface area contributed by atoms with Crippen LogP contribution in [0.1, 0.15) is 117 Å². The molecule has 3 aliphatic heterocycles. The molecule has 1 aliphatic carbocycles. The van der Waals surface area contributed by atoms with E-state index in [1.807, 2.05) is 85.9 Å². The second-order valence-electron chi connectivity index (χ2n) is 25.9. The van der Waals surface area contributed by atoms with Gasteiger partial charge in [0.05, 0.1) is 34.3 Å². The van der Waals surface area contributed by atoms with Crippen molar-refractivity contribution in [1.82, 2.24) is 34.7 Å². The Bertz CT molecular complexity index is 3640. The maximum Gasteiger partial charge on any atom is 0.416 e. The van der Waals surface area contributed by atoms with Crippen molar-refractivity contribution >= 4 is 84.0 Å². The molecule has 16 nitrogen and oxygen atoms in total. The fourth-order valence-corrected chi connectivity index (χ4v) is 14.6.